The van der Waals surface area contributed by atoms with Gasteiger partial charge in [-0.15, -0.1) is 0 Å². The normalized spacial score (nSPS) is 10.3. The Bertz CT molecular complexity index is 632. The second kappa shape index (κ2) is 4.36. The van der Waals surface area contributed by atoms with Crippen molar-refractivity contribution in [3.8, 4) is 11.4 Å². The van der Waals surface area contributed by atoms with Crippen LogP contribution in [0.2, 0.25) is 0 Å². The number of anilines is 1. The Kier molecular flexibility index (Phi) is 2.88. The smallest absolute Gasteiger partial charge is 0.356 e. The molecule has 0 fully saturated rings. The second-order valence-corrected chi connectivity index (χ2v) is 3.40. The Hall–Kier alpha value is -2.57. The predicted octanol–water partition coefficient (Wildman–Crippen LogP) is 1.70. The van der Waals surface area contributed by atoms with E-state index in [1.165, 1.54) is 12.1 Å². The molecule has 0 bridgehead atoms. The molecule has 0 aliphatic carbocycles. The van der Waals surface area contributed by atoms with Crippen LogP contribution in [0.3, 0.4) is 0 Å². The number of hydrogen-bond donors (Lipinski definition) is 2. The fraction of sp³-hybridized carbons (Fsp3) is 0. The summed E-state index contributed by atoms with van der Waals surface area (Å²) >= 11 is 0. The highest BCUT2D eigenvalue weighted by Gasteiger charge is 2.16. The van der Waals surface area contributed by atoms with E-state index in [9.17, 15) is 13.6 Å². The molecule has 18 heavy (non-hydrogen) atoms. The van der Waals surface area contributed by atoms with Crippen molar-refractivity contribution in [2.75, 3.05) is 5.73 Å². The number of nitrogens with zero attached hydrogens (tertiary/aromatic N) is 2. The minimum atomic E-state index is -1.37. The molecule has 5 nitrogen and oxygen atoms in total. The van der Waals surface area contributed by atoms with Crippen LogP contribution in [0.25, 0.3) is 11.4 Å². The molecule has 1 aromatic heterocycles. The summed E-state index contributed by atoms with van der Waals surface area (Å²) in [6.45, 7) is 0. The fourth-order valence-electron chi connectivity index (χ4n) is 1.37. The van der Waals surface area contributed by atoms with Crippen LogP contribution >= 0.6 is 0 Å². The standard InChI is InChI=1S/C11H7F2N3O2/c12-6-3-1-2-5(8(6)13)10-15-4-7(14)9(16-10)11(17)18/h1-4H,14H2,(H,17,18). The van der Waals surface area contributed by atoms with Crippen molar-refractivity contribution in [1.29, 1.82) is 0 Å². The minimum Gasteiger partial charge on any atom is -0.476 e. The molecular weight excluding hydrogens is 244 g/mol. The number of rotatable bonds is 2. The molecule has 0 aliphatic rings. The summed E-state index contributed by atoms with van der Waals surface area (Å²) in [5.74, 6) is -3.81. The van der Waals surface area contributed by atoms with Gasteiger partial charge < -0.3 is 10.8 Å². The van der Waals surface area contributed by atoms with Gasteiger partial charge in [0.2, 0.25) is 0 Å². The van der Waals surface area contributed by atoms with Crippen LogP contribution in [0.15, 0.2) is 24.4 Å². The van der Waals surface area contributed by atoms with Crippen molar-refractivity contribution in [1.82, 2.24) is 9.97 Å². The molecule has 0 saturated carbocycles. The Labute approximate surface area is 99.9 Å². The highest BCUT2D eigenvalue weighted by molar-refractivity contribution is 5.91. The molecule has 0 atom stereocenters. The van der Waals surface area contributed by atoms with Gasteiger partial charge >= 0.3 is 5.97 Å². The van der Waals surface area contributed by atoms with Crippen molar-refractivity contribution >= 4 is 11.7 Å². The summed E-state index contributed by atoms with van der Waals surface area (Å²) in [4.78, 5) is 18.1. The molecule has 92 valence electrons. The highest BCUT2D eigenvalue weighted by Crippen LogP contribution is 2.22. The predicted molar refractivity (Wildman–Crippen MR) is 58.8 cm³/mol. The van der Waals surface area contributed by atoms with E-state index in [-0.39, 0.29) is 17.1 Å². The Morgan fingerprint density at radius 2 is 2.06 bits per heavy atom. The molecule has 2 rings (SSSR count). The first-order chi connectivity index (χ1) is 8.50. The second-order valence-electron chi connectivity index (χ2n) is 3.40. The van der Waals surface area contributed by atoms with E-state index in [2.05, 4.69) is 9.97 Å². The quantitative estimate of drug-likeness (QED) is 0.847. The summed E-state index contributed by atoms with van der Waals surface area (Å²) in [6, 6.07) is 3.46. The van der Waals surface area contributed by atoms with Crippen LogP contribution in [0.5, 0.6) is 0 Å². The van der Waals surface area contributed by atoms with Gasteiger partial charge in [-0.25, -0.2) is 23.5 Å². The topological polar surface area (TPSA) is 89.1 Å². The summed E-state index contributed by atoms with van der Waals surface area (Å²) in [5, 5.41) is 8.82. The van der Waals surface area contributed by atoms with Gasteiger partial charge in [0.25, 0.3) is 0 Å². The zero-order chi connectivity index (χ0) is 13.3. The highest BCUT2D eigenvalue weighted by atomic mass is 19.2. The Morgan fingerprint density at radius 1 is 1.33 bits per heavy atom. The van der Waals surface area contributed by atoms with Gasteiger partial charge in [0.05, 0.1) is 17.4 Å². The lowest BCUT2D eigenvalue weighted by Gasteiger charge is -2.05. The third-order valence-electron chi connectivity index (χ3n) is 2.21. The SMILES string of the molecule is Nc1cnc(-c2cccc(F)c2F)nc1C(=O)O. The number of nitrogen functional groups attached to an aromatic ring is 1. The molecule has 0 amide bonds. The van der Waals surface area contributed by atoms with Crippen LogP contribution in [0, 0.1) is 11.6 Å². The van der Waals surface area contributed by atoms with Gasteiger partial charge in [0.15, 0.2) is 23.2 Å². The zero-order valence-electron chi connectivity index (χ0n) is 8.89. The summed E-state index contributed by atoms with van der Waals surface area (Å²) in [5.41, 5.74) is 4.53. The average molecular weight is 251 g/mol. The van der Waals surface area contributed by atoms with Gasteiger partial charge in [-0.2, -0.15) is 0 Å². The number of nitrogens with two attached hydrogens (primary N) is 1. The van der Waals surface area contributed by atoms with E-state index >= 15 is 0 Å². The van der Waals surface area contributed by atoms with Gasteiger partial charge in [-0.05, 0) is 12.1 Å². The van der Waals surface area contributed by atoms with Crippen molar-refractivity contribution in [3.05, 3.63) is 41.7 Å². The molecule has 7 heteroatoms. The number of hydrogen-bond acceptors (Lipinski definition) is 4. The number of carboxylic acids is 1. The molecule has 0 aliphatic heterocycles. The van der Waals surface area contributed by atoms with E-state index in [4.69, 9.17) is 10.8 Å². The van der Waals surface area contributed by atoms with Gasteiger partial charge in [-0.3, -0.25) is 0 Å². The number of carboxylic acid groups (broad SMARTS) is 1. The third-order valence-corrected chi connectivity index (χ3v) is 2.21. The monoisotopic (exact) mass is 251 g/mol. The van der Waals surface area contributed by atoms with E-state index in [1.807, 2.05) is 0 Å². The van der Waals surface area contributed by atoms with Crippen LogP contribution in [0.1, 0.15) is 10.5 Å². The van der Waals surface area contributed by atoms with E-state index in [1.54, 1.807) is 0 Å². The van der Waals surface area contributed by atoms with Crippen molar-refractivity contribution < 1.29 is 18.7 Å². The fourth-order valence-corrected chi connectivity index (χ4v) is 1.37. The molecular formula is C11H7F2N3O2. The van der Waals surface area contributed by atoms with Crippen molar-refractivity contribution in [2.24, 2.45) is 0 Å². The van der Waals surface area contributed by atoms with E-state index in [0.717, 1.165) is 12.3 Å². The number of benzene rings is 1. The lowest BCUT2D eigenvalue weighted by Crippen LogP contribution is -2.08. The summed E-state index contributed by atoms with van der Waals surface area (Å²) < 4.78 is 26.5. The maximum absolute atomic E-state index is 13.5. The van der Waals surface area contributed by atoms with Gasteiger partial charge in [-0.1, -0.05) is 6.07 Å². The van der Waals surface area contributed by atoms with Crippen LogP contribution in [0.4, 0.5) is 14.5 Å². The van der Waals surface area contributed by atoms with Crippen LogP contribution in [-0.4, -0.2) is 21.0 Å². The number of carbonyl (C=O) groups is 1. The largest absolute Gasteiger partial charge is 0.476 e. The lowest BCUT2D eigenvalue weighted by atomic mass is 10.2. The first-order valence-corrected chi connectivity index (χ1v) is 4.81. The van der Waals surface area contributed by atoms with Gasteiger partial charge in [0, 0.05) is 0 Å². The number of halogens is 2. The molecule has 0 unspecified atom stereocenters. The summed E-state index contributed by atoms with van der Waals surface area (Å²) in [7, 11) is 0. The number of aromatic nitrogens is 2. The molecule has 1 heterocycles. The van der Waals surface area contributed by atoms with Crippen LogP contribution < -0.4 is 5.73 Å². The van der Waals surface area contributed by atoms with Crippen molar-refractivity contribution in [2.45, 2.75) is 0 Å². The molecule has 0 spiro atoms. The molecule has 1 aromatic carbocycles. The first kappa shape index (κ1) is 11.9. The van der Waals surface area contributed by atoms with E-state index < -0.39 is 23.3 Å². The molecule has 2 aromatic rings. The molecule has 3 N–H and O–H groups in total. The van der Waals surface area contributed by atoms with E-state index in [0.29, 0.717) is 0 Å². The number of aromatic carboxylic acids is 1. The van der Waals surface area contributed by atoms with Crippen molar-refractivity contribution in [3.63, 3.8) is 0 Å². The van der Waals surface area contributed by atoms with Crippen LogP contribution in [-0.2, 0) is 0 Å². The summed E-state index contributed by atoms with van der Waals surface area (Å²) in [6.07, 6.45) is 1.04. The third kappa shape index (κ3) is 1.97. The molecule has 0 saturated heterocycles. The first-order valence-electron chi connectivity index (χ1n) is 4.81. The van der Waals surface area contributed by atoms with Gasteiger partial charge in [0.1, 0.15) is 0 Å². The maximum atomic E-state index is 13.5. The average Bonchev–Trinajstić information content (AvgIpc) is 2.33. The lowest BCUT2D eigenvalue weighted by molar-refractivity contribution is 0.0691. The molecule has 0 radical (unpaired) electrons. The minimum absolute atomic E-state index is 0.150. The Balaban J connectivity index is 2.62. The zero-order valence-corrected chi connectivity index (χ0v) is 8.89. The Morgan fingerprint density at radius 3 is 2.72 bits per heavy atom. The maximum Gasteiger partial charge on any atom is 0.356 e.